The van der Waals surface area contributed by atoms with Crippen molar-refractivity contribution in [1.82, 2.24) is 4.90 Å². The first kappa shape index (κ1) is 28.6. The summed E-state index contributed by atoms with van der Waals surface area (Å²) in [6.45, 7) is 11.2. The van der Waals surface area contributed by atoms with Crippen molar-refractivity contribution in [2.45, 2.75) is 84.8 Å². The standard InChI is InChI=1S/C31H38Cl2N2O3/c1-19(2)6-11-26(20-7-9-21(10-8-20)29(37)38)35-28(36)27(22-16-24(32)18-25(33)17-22)34-31(35)14-12-23(13-15-31)30(3,4)5/h7-10,16-19,23,26H,6,11-15H2,1-5H3,(H,37,38)/t23?,26-,31?/m1/s1. The Morgan fingerprint density at radius 1 is 1.05 bits per heavy atom. The van der Waals surface area contributed by atoms with E-state index in [-0.39, 0.29) is 22.9 Å². The maximum atomic E-state index is 14.3. The monoisotopic (exact) mass is 556 g/mol. The lowest BCUT2D eigenvalue weighted by Crippen LogP contribution is -2.51. The number of nitrogens with zero attached hydrogens (tertiary/aromatic N) is 2. The highest BCUT2D eigenvalue weighted by Gasteiger charge is 2.52. The molecule has 1 atom stereocenters. The fourth-order valence-corrected chi connectivity index (χ4v) is 6.53. The molecule has 38 heavy (non-hydrogen) atoms. The Balaban J connectivity index is 1.81. The van der Waals surface area contributed by atoms with Gasteiger partial charge in [0.1, 0.15) is 11.4 Å². The van der Waals surface area contributed by atoms with Crippen LogP contribution in [0.15, 0.2) is 47.5 Å². The van der Waals surface area contributed by atoms with E-state index in [1.54, 1.807) is 30.3 Å². The van der Waals surface area contributed by atoms with Crippen LogP contribution in [0, 0.1) is 17.3 Å². The van der Waals surface area contributed by atoms with Crippen LogP contribution >= 0.6 is 23.2 Å². The first-order chi connectivity index (χ1) is 17.8. The van der Waals surface area contributed by atoms with Crippen LogP contribution < -0.4 is 0 Å². The van der Waals surface area contributed by atoms with Gasteiger partial charge in [0.05, 0.1) is 11.6 Å². The van der Waals surface area contributed by atoms with E-state index >= 15 is 0 Å². The number of carboxylic acid groups (broad SMARTS) is 1. The van der Waals surface area contributed by atoms with E-state index in [9.17, 15) is 14.7 Å². The van der Waals surface area contributed by atoms with Crippen LogP contribution in [0.4, 0.5) is 0 Å². The second-order valence-corrected chi connectivity index (χ2v) is 13.2. The van der Waals surface area contributed by atoms with E-state index in [1.165, 1.54) is 0 Å². The minimum Gasteiger partial charge on any atom is -0.478 e. The molecule has 4 rings (SSSR count). The molecule has 0 radical (unpaired) electrons. The van der Waals surface area contributed by atoms with Gasteiger partial charge < -0.3 is 10.0 Å². The van der Waals surface area contributed by atoms with Gasteiger partial charge in [-0.05, 0) is 91.7 Å². The molecule has 1 aliphatic heterocycles. The Morgan fingerprint density at radius 3 is 2.13 bits per heavy atom. The van der Waals surface area contributed by atoms with Crippen molar-refractivity contribution >= 4 is 40.8 Å². The van der Waals surface area contributed by atoms with Crippen molar-refractivity contribution in [3.05, 3.63) is 69.2 Å². The largest absolute Gasteiger partial charge is 0.478 e. The average molecular weight is 558 g/mol. The summed E-state index contributed by atoms with van der Waals surface area (Å²) in [5.41, 5.74) is 1.73. The number of amides is 1. The number of hydrogen-bond acceptors (Lipinski definition) is 3. The SMILES string of the molecule is CC(C)CC[C@H](c1ccc(C(=O)O)cc1)N1C(=O)C(c2cc(Cl)cc(Cl)c2)=NC12CCC(C(C)(C)C)CC2. The smallest absolute Gasteiger partial charge is 0.335 e. The number of rotatable bonds is 7. The predicted octanol–water partition coefficient (Wildman–Crippen LogP) is 8.43. The van der Waals surface area contributed by atoms with Crippen molar-refractivity contribution in [2.75, 3.05) is 0 Å². The van der Waals surface area contributed by atoms with Crippen LogP contribution in [0.1, 0.15) is 101 Å². The van der Waals surface area contributed by atoms with Crippen molar-refractivity contribution in [3.8, 4) is 0 Å². The number of benzene rings is 2. The van der Waals surface area contributed by atoms with E-state index in [0.717, 1.165) is 44.1 Å². The molecule has 1 amide bonds. The molecule has 1 fully saturated rings. The van der Waals surface area contributed by atoms with E-state index in [0.29, 0.717) is 33.2 Å². The van der Waals surface area contributed by atoms with Crippen molar-refractivity contribution in [2.24, 2.45) is 22.2 Å². The van der Waals surface area contributed by atoms with Crippen LogP contribution in [-0.2, 0) is 4.79 Å². The highest BCUT2D eigenvalue weighted by Crippen LogP contribution is 2.50. The zero-order valence-corrected chi connectivity index (χ0v) is 24.4. The van der Waals surface area contributed by atoms with E-state index in [2.05, 4.69) is 34.6 Å². The van der Waals surface area contributed by atoms with Gasteiger partial charge in [0.15, 0.2) is 0 Å². The molecular weight excluding hydrogens is 519 g/mol. The highest BCUT2D eigenvalue weighted by molar-refractivity contribution is 6.47. The summed E-state index contributed by atoms with van der Waals surface area (Å²) in [4.78, 5) is 33.1. The zero-order valence-electron chi connectivity index (χ0n) is 22.9. The Morgan fingerprint density at radius 2 is 1.63 bits per heavy atom. The molecule has 1 heterocycles. The maximum absolute atomic E-state index is 14.3. The number of carbonyl (C=O) groups is 2. The predicted molar refractivity (Wildman–Crippen MR) is 154 cm³/mol. The van der Waals surface area contributed by atoms with Gasteiger partial charge in [0.25, 0.3) is 5.91 Å². The van der Waals surface area contributed by atoms with Crippen LogP contribution in [0.2, 0.25) is 10.0 Å². The number of aromatic carboxylic acids is 1. The lowest BCUT2D eigenvalue weighted by atomic mass is 9.69. The van der Waals surface area contributed by atoms with Gasteiger partial charge in [0.2, 0.25) is 0 Å². The molecule has 2 aromatic rings. The topological polar surface area (TPSA) is 70.0 Å². The molecule has 0 saturated heterocycles. The number of aliphatic imine (C=N–C) groups is 1. The maximum Gasteiger partial charge on any atom is 0.335 e. The number of carbonyl (C=O) groups excluding carboxylic acids is 1. The first-order valence-corrected chi connectivity index (χ1v) is 14.3. The van der Waals surface area contributed by atoms with Gasteiger partial charge >= 0.3 is 5.97 Å². The molecule has 0 aromatic heterocycles. The normalized spacial score (nSPS) is 22.7. The van der Waals surface area contributed by atoms with Gasteiger partial charge in [-0.15, -0.1) is 0 Å². The molecule has 1 aliphatic carbocycles. The molecule has 5 nitrogen and oxygen atoms in total. The molecular formula is C31H38Cl2N2O3. The quantitative estimate of drug-likeness (QED) is 0.371. The molecule has 1 spiro atoms. The third kappa shape index (κ3) is 5.94. The van der Waals surface area contributed by atoms with Crippen LogP contribution in [0.3, 0.4) is 0 Å². The molecule has 1 N–H and O–H groups in total. The zero-order chi connectivity index (χ0) is 27.8. The van der Waals surface area contributed by atoms with E-state index in [1.807, 2.05) is 17.0 Å². The molecule has 7 heteroatoms. The van der Waals surface area contributed by atoms with Gasteiger partial charge in [-0.25, -0.2) is 4.79 Å². The lowest BCUT2D eigenvalue weighted by Gasteiger charge is -2.47. The summed E-state index contributed by atoms with van der Waals surface area (Å²) >= 11 is 12.7. The molecule has 0 unspecified atom stereocenters. The summed E-state index contributed by atoms with van der Waals surface area (Å²) in [7, 11) is 0. The molecule has 2 aliphatic rings. The van der Waals surface area contributed by atoms with Crippen molar-refractivity contribution < 1.29 is 14.7 Å². The lowest BCUT2D eigenvalue weighted by molar-refractivity contribution is -0.133. The third-order valence-corrected chi connectivity index (χ3v) is 8.64. The van der Waals surface area contributed by atoms with Gasteiger partial charge in [-0.3, -0.25) is 9.79 Å². The van der Waals surface area contributed by atoms with E-state index in [4.69, 9.17) is 28.2 Å². The summed E-state index contributed by atoms with van der Waals surface area (Å²) < 4.78 is 0. The first-order valence-electron chi connectivity index (χ1n) is 13.5. The van der Waals surface area contributed by atoms with E-state index < -0.39 is 11.6 Å². The summed E-state index contributed by atoms with van der Waals surface area (Å²) in [5, 5.41) is 10.4. The highest BCUT2D eigenvalue weighted by atomic mass is 35.5. The van der Waals surface area contributed by atoms with Gasteiger partial charge in [-0.2, -0.15) is 0 Å². The summed E-state index contributed by atoms with van der Waals surface area (Å²) in [5.74, 6) is -0.0799. The fourth-order valence-electron chi connectivity index (χ4n) is 6.01. The molecule has 1 saturated carbocycles. The fraction of sp³-hybridized carbons (Fsp3) is 0.516. The Bertz CT molecular complexity index is 1200. The molecule has 0 bridgehead atoms. The summed E-state index contributed by atoms with van der Waals surface area (Å²) in [6.07, 6.45) is 5.21. The van der Waals surface area contributed by atoms with Crippen molar-refractivity contribution in [3.63, 3.8) is 0 Å². The Kier molecular flexibility index (Phi) is 8.30. The second-order valence-electron chi connectivity index (χ2n) is 12.3. The molecule has 2 aromatic carbocycles. The second kappa shape index (κ2) is 11.0. The third-order valence-electron chi connectivity index (χ3n) is 8.21. The van der Waals surface area contributed by atoms with Gasteiger partial charge in [0, 0.05) is 15.6 Å². The van der Waals surface area contributed by atoms with Crippen LogP contribution in [-0.4, -0.2) is 33.3 Å². The van der Waals surface area contributed by atoms with Gasteiger partial charge in [-0.1, -0.05) is 70.0 Å². The van der Waals surface area contributed by atoms with Crippen LogP contribution in [0.5, 0.6) is 0 Å². The number of halogens is 2. The summed E-state index contributed by atoms with van der Waals surface area (Å²) in [6, 6.07) is 11.9. The minimum absolute atomic E-state index is 0.117. The Hall–Kier alpha value is -2.37. The average Bonchev–Trinajstić information content (AvgIpc) is 3.10. The van der Waals surface area contributed by atoms with Crippen LogP contribution in [0.25, 0.3) is 0 Å². The number of hydrogen-bond donors (Lipinski definition) is 1. The molecule has 204 valence electrons. The van der Waals surface area contributed by atoms with Crippen molar-refractivity contribution in [1.29, 1.82) is 0 Å². The minimum atomic E-state index is -0.965. The number of carboxylic acids is 1. The Labute approximate surface area is 236 Å².